The first-order valence-electron chi connectivity index (χ1n) is 8.74. The first-order valence-corrected chi connectivity index (χ1v) is 8.74. The molecule has 0 saturated carbocycles. The number of aliphatic carboxylic acids is 1. The van der Waals surface area contributed by atoms with E-state index in [-0.39, 0.29) is 26.0 Å². The predicted molar refractivity (Wildman–Crippen MR) is 96.1 cm³/mol. The van der Waals surface area contributed by atoms with Crippen LogP contribution in [0.15, 0.2) is 30.3 Å². The molecule has 1 heterocycles. The van der Waals surface area contributed by atoms with Crippen molar-refractivity contribution >= 4 is 17.9 Å². The molecule has 3 N–H and O–H groups in total. The van der Waals surface area contributed by atoms with Crippen LogP contribution in [0.3, 0.4) is 0 Å². The maximum absolute atomic E-state index is 12.6. The third kappa shape index (κ3) is 5.05. The molecule has 1 fully saturated rings. The Hall–Kier alpha value is -2.45. The Kier molecular flexibility index (Phi) is 6.22. The van der Waals surface area contributed by atoms with E-state index in [0.29, 0.717) is 0 Å². The predicted octanol–water partition coefficient (Wildman–Crippen LogP) is 1.48. The Morgan fingerprint density at radius 1 is 1.26 bits per heavy atom. The van der Waals surface area contributed by atoms with Crippen LogP contribution in [0.25, 0.3) is 0 Å². The van der Waals surface area contributed by atoms with Gasteiger partial charge in [0, 0.05) is 13.0 Å². The van der Waals surface area contributed by atoms with Crippen LogP contribution in [0.5, 0.6) is 0 Å². The molecule has 8 heteroatoms. The van der Waals surface area contributed by atoms with Gasteiger partial charge in [-0.25, -0.2) is 5.01 Å². The lowest BCUT2D eigenvalue weighted by molar-refractivity contribution is -0.184. The van der Waals surface area contributed by atoms with Crippen molar-refractivity contribution in [3.8, 4) is 0 Å². The highest BCUT2D eigenvalue weighted by molar-refractivity contribution is 6.00. The molecule has 2 unspecified atom stereocenters. The van der Waals surface area contributed by atoms with E-state index in [0.717, 1.165) is 5.56 Å². The summed E-state index contributed by atoms with van der Waals surface area (Å²) in [5.74, 6) is 3.02. The Morgan fingerprint density at radius 2 is 1.89 bits per heavy atom. The maximum Gasteiger partial charge on any atom is 0.325 e. The molecule has 0 spiro atoms. The number of carbonyl (C=O) groups excluding carboxylic acids is 2. The first kappa shape index (κ1) is 20.9. The number of nitrogens with two attached hydrogens (primary N) is 1. The van der Waals surface area contributed by atoms with Gasteiger partial charge in [-0.05, 0) is 32.8 Å². The van der Waals surface area contributed by atoms with E-state index in [4.69, 9.17) is 15.3 Å². The van der Waals surface area contributed by atoms with Gasteiger partial charge in [0.2, 0.25) is 0 Å². The molecule has 1 aliphatic rings. The Balaban J connectivity index is 2.15. The smallest absolute Gasteiger partial charge is 0.325 e. The zero-order chi connectivity index (χ0) is 20.2. The van der Waals surface area contributed by atoms with Gasteiger partial charge >= 0.3 is 17.9 Å². The van der Waals surface area contributed by atoms with E-state index in [1.807, 2.05) is 18.2 Å². The van der Waals surface area contributed by atoms with Gasteiger partial charge in [0.25, 0.3) is 0 Å². The molecule has 148 valence electrons. The van der Waals surface area contributed by atoms with Crippen molar-refractivity contribution in [2.45, 2.75) is 51.9 Å². The van der Waals surface area contributed by atoms with Crippen LogP contribution < -0.4 is 5.84 Å². The molecule has 0 amide bonds. The second kappa shape index (κ2) is 8.06. The minimum atomic E-state index is -1.83. The molecule has 0 aromatic heterocycles. The van der Waals surface area contributed by atoms with E-state index in [2.05, 4.69) is 0 Å². The molecular weight excluding hydrogens is 352 g/mol. The van der Waals surface area contributed by atoms with Crippen LogP contribution in [0.2, 0.25) is 0 Å². The number of carboxylic acid groups (broad SMARTS) is 1. The van der Waals surface area contributed by atoms with Crippen molar-refractivity contribution in [1.29, 1.82) is 0 Å². The number of benzene rings is 1. The molecule has 1 saturated heterocycles. The minimum absolute atomic E-state index is 0.0382. The third-order valence-corrected chi connectivity index (χ3v) is 4.43. The molecule has 8 nitrogen and oxygen atoms in total. The largest absolute Gasteiger partial charge is 0.480 e. The number of hydrogen-bond donors (Lipinski definition) is 2. The van der Waals surface area contributed by atoms with Crippen molar-refractivity contribution in [2.75, 3.05) is 6.54 Å². The van der Waals surface area contributed by atoms with Crippen molar-refractivity contribution in [2.24, 2.45) is 11.3 Å². The highest BCUT2D eigenvalue weighted by Crippen LogP contribution is 2.37. The molecule has 1 aliphatic heterocycles. The fraction of sp³-hybridized carbons (Fsp3) is 0.526. The molecule has 1 aromatic carbocycles. The summed E-state index contributed by atoms with van der Waals surface area (Å²) in [5, 5.41) is 11.0. The number of esters is 2. The summed E-state index contributed by atoms with van der Waals surface area (Å²) in [7, 11) is 0. The van der Waals surface area contributed by atoms with Crippen LogP contribution in [0, 0.1) is 5.41 Å². The van der Waals surface area contributed by atoms with Crippen molar-refractivity contribution < 1.29 is 29.0 Å². The van der Waals surface area contributed by atoms with E-state index < -0.39 is 35.0 Å². The van der Waals surface area contributed by atoms with Crippen molar-refractivity contribution in [1.82, 2.24) is 5.01 Å². The first-order chi connectivity index (χ1) is 12.5. The average Bonchev–Trinajstić information content (AvgIpc) is 2.59. The third-order valence-electron chi connectivity index (χ3n) is 4.43. The van der Waals surface area contributed by atoms with Crippen LogP contribution in [-0.4, -0.2) is 46.2 Å². The van der Waals surface area contributed by atoms with E-state index in [1.54, 1.807) is 32.9 Å². The zero-order valence-electron chi connectivity index (χ0n) is 15.8. The minimum Gasteiger partial charge on any atom is -0.480 e. The Morgan fingerprint density at radius 3 is 2.44 bits per heavy atom. The molecule has 1 aromatic rings. The molecule has 27 heavy (non-hydrogen) atoms. The van der Waals surface area contributed by atoms with Crippen LogP contribution in [0.1, 0.15) is 39.2 Å². The summed E-state index contributed by atoms with van der Waals surface area (Å²) in [4.78, 5) is 37.1. The average molecular weight is 378 g/mol. The number of carboxylic acids is 1. The topological polar surface area (TPSA) is 119 Å². The summed E-state index contributed by atoms with van der Waals surface area (Å²) in [5.41, 5.74) is -1.88. The molecule has 0 radical (unpaired) electrons. The molecule has 0 bridgehead atoms. The maximum atomic E-state index is 12.6. The van der Waals surface area contributed by atoms with Gasteiger partial charge in [0.15, 0.2) is 5.41 Å². The number of carbonyl (C=O) groups is 3. The molecule has 2 rings (SSSR count). The monoisotopic (exact) mass is 378 g/mol. The molecule has 0 aliphatic carbocycles. The lowest BCUT2D eigenvalue weighted by Crippen LogP contribution is -2.59. The number of hydrogen-bond acceptors (Lipinski definition) is 7. The highest BCUT2D eigenvalue weighted by atomic mass is 16.6. The van der Waals surface area contributed by atoms with Crippen molar-refractivity contribution in [3.05, 3.63) is 35.9 Å². The normalized spacial score (nSPS) is 23.5. The van der Waals surface area contributed by atoms with E-state index in [1.165, 1.54) is 5.01 Å². The standard InChI is InChI=1S/C19H26N2O6/c1-18(2,3)27-17(25)19(16(23)24)9-10-21(20)14(11-19)15(22)26-12-13-7-5-4-6-8-13/h4-8,14H,9-12,20H2,1-3H3,(H,23,24). The Bertz CT molecular complexity index is 700. The van der Waals surface area contributed by atoms with Crippen LogP contribution in [0.4, 0.5) is 0 Å². The summed E-state index contributed by atoms with van der Waals surface area (Å²) in [6, 6.07) is 8.03. The van der Waals surface area contributed by atoms with E-state index >= 15 is 0 Å². The fourth-order valence-electron chi connectivity index (χ4n) is 2.91. The highest BCUT2D eigenvalue weighted by Gasteiger charge is 2.55. The van der Waals surface area contributed by atoms with Gasteiger partial charge in [-0.15, -0.1) is 0 Å². The van der Waals surface area contributed by atoms with Crippen LogP contribution in [-0.2, 0) is 30.5 Å². The lowest BCUT2D eigenvalue weighted by Gasteiger charge is -2.40. The van der Waals surface area contributed by atoms with Gasteiger partial charge in [0.05, 0.1) is 0 Å². The summed E-state index contributed by atoms with van der Waals surface area (Å²) in [6.45, 7) is 5.06. The van der Waals surface area contributed by atoms with Gasteiger partial charge in [0.1, 0.15) is 18.2 Å². The van der Waals surface area contributed by atoms with Gasteiger partial charge in [-0.2, -0.15) is 0 Å². The second-order valence-corrected chi connectivity index (χ2v) is 7.69. The number of piperidine rings is 1. The molecular formula is C19H26N2O6. The Labute approximate surface area is 158 Å². The van der Waals surface area contributed by atoms with Gasteiger partial charge in [-0.1, -0.05) is 30.3 Å². The van der Waals surface area contributed by atoms with Gasteiger partial charge in [-0.3, -0.25) is 20.2 Å². The number of hydrazine groups is 1. The fourth-order valence-corrected chi connectivity index (χ4v) is 2.91. The zero-order valence-corrected chi connectivity index (χ0v) is 15.8. The summed E-state index contributed by atoms with van der Waals surface area (Å²) in [6.07, 6.45) is -0.350. The second-order valence-electron chi connectivity index (χ2n) is 7.69. The van der Waals surface area contributed by atoms with Gasteiger partial charge < -0.3 is 14.6 Å². The lowest BCUT2D eigenvalue weighted by atomic mass is 9.75. The SMILES string of the molecule is CC(C)(C)OC(=O)C1(C(=O)O)CCN(N)C(C(=O)OCc2ccccc2)C1. The number of nitrogens with zero attached hydrogens (tertiary/aromatic N) is 1. The summed E-state index contributed by atoms with van der Waals surface area (Å²) < 4.78 is 10.6. The van der Waals surface area contributed by atoms with E-state index in [9.17, 15) is 19.5 Å². The number of ether oxygens (including phenoxy) is 2. The quantitative estimate of drug-likeness (QED) is 0.449. The summed E-state index contributed by atoms with van der Waals surface area (Å²) >= 11 is 0. The number of rotatable bonds is 5. The van der Waals surface area contributed by atoms with Crippen molar-refractivity contribution in [3.63, 3.8) is 0 Å². The van der Waals surface area contributed by atoms with Crippen LogP contribution >= 0.6 is 0 Å². The molecule has 2 atom stereocenters.